The number of nitrogens with zero attached hydrogens (tertiary/aromatic N) is 3. The summed E-state index contributed by atoms with van der Waals surface area (Å²) in [4.78, 5) is 35.5. The fourth-order valence-corrected chi connectivity index (χ4v) is 3.12. The molecule has 1 N–H and O–H groups in total. The molecule has 0 radical (unpaired) electrons. The van der Waals surface area contributed by atoms with Crippen LogP contribution in [-0.4, -0.2) is 34.4 Å². The molecule has 0 saturated heterocycles. The van der Waals surface area contributed by atoms with E-state index in [2.05, 4.69) is 15.3 Å². The summed E-state index contributed by atoms with van der Waals surface area (Å²) in [5.74, 6) is -0.331. The Balaban J connectivity index is 1.73. The number of carbonyl (C=O) groups is 2. The van der Waals surface area contributed by atoms with Crippen LogP contribution in [0.5, 0.6) is 0 Å². The maximum absolute atomic E-state index is 12.9. The van der Waals surface area contributed by atoms with E-state index < -0.39 is 11.6 Å². The largest absolute Gasteiger partial charge is 0.321 e. The lowest BCUT2D eigenvalue weighted by Crippen LogP contribution is -2.63. The van der Waals surface area contributed by atoms with Gasteiger partial charge < -0.3 is 5.32 Å². The molecule has 2 aromatic rings. The molecule has 2 aromatic carbocycles. The van der Waals surface area contributed by atoms with Crippen molar-refractivity contribution in [3.8, 4) is 0 Å². The Morgan fingerprint density at radius 3 is 2.46 bits per heavy atom. The lowest BCUT2D eigenvalue weighted by Gasteiger charge is -2.37. The first-order valence-corrected chi connectivity index (χ1v) is 8.23. The van der Waals surface area contributed by atoms with Crippen LogP contribution in [0.25, 0.3) is 0 Å². The third kappa shape index (κ3) is 2.71. The van der Waals surface area contributed by atoms with Gasteiger partial charge >= 0.3 is 0 Å². The van der Waals surface area contributed by atoms with Crippen LogP contribution >= 0.6 is 0 Å². The third-order valence-corrected chi connectivity index (χ3v) is 4.38. The zero-order valence-electron chi connectivity index (χ0n) is 13.9. The molecule has 0 aromatic heterocycles. The minimum Gasteiger partial charge on any atom is -0.321 e. The molecule has 0 bridgehead atoms. The van der Waals surface area contributed by atoms with Crippen molar-refractivity contribution in [2.24, 2.45) is 9.98 Å². The first-order valence-electron chi connectivity index (χ1n) is 8.23. The number of carbonyl (C=O) groups excluding carboxylic acids is 2. The summed E-state index contributed by atoms with van der Waals surface area (Å²) >= 11 is 0. The molecule has 1 unspecified atom stereocenters. The first-order chi connectivity index (χ1) is 12.7. The highest BCUT2D eigenvalue weighted by Gasteiger charge is 2.51. The van der Waals surface area contributed by atoms with Crippen LogP contribution < -0.4 is 5.32 Å². The van der Waals surface area contributed by atoms with Gasteiger partial charge in [-0.3, -0.25) is 19.5 Å². The van der Waals surface area contributed by atoms with Gasteiger partial charge in [0.05, 0.1) is 6.21 Å². The van der Waals surface area contributed by atoms with Crippen LogP contribution in [0.2, 0.25) is 0 Å². The Morgan fingerprint density at radius 2 is 1.73 bits per heavy atom. The minimum atomic E-state index is -1.31. The molecule has 6 heteroatoms. The van der Waals surface area contributed by atoms with Gasteiger partial charge in [0, 0.05) is 24.4 Å². The molecular formula is C20H16N4O2. The molecule has 128 valence electrons. The molecular weight excluding hydrogens is 328 g/mol. The zero-order valence-corrected chi connectivity index (χ0v) is 13.9. The molecule has 2 heterocycles. The second kappa shape index (κ2) is 6.40. The van der Waals surface area contributed by atoms with Crippen LogP contribution in [0.15, 0.2) is 83.0 Å². The lowest BCUT2D eigenvalue weighted by molar-refractivity contribution is -0.126. The summed E-state index contributed by atoms with van der Waals surface area (Å²) in [7, 11) is 0. The number of amides is 2. The number of hydrogen-bond acceptors (Lipinski definition) is 4. The van der Waals surface area contributed by atoms with E-state index >= 15 is 0 Å². The van der Waals surface area contributed by atoms with Crippen LogP contribution in [0, 0.1) is 0 Å². The van der Waals surface area contributed by atoms with Crippen molar-refractivity contribution >= 4 is 23.9 Å². The van der Waals surface area contributed by atoms with E-state index in [1.54, 1.807) is 41.6 Å². The van der Waals surface area contributed by atoms with E-state index in [-0.39, 0.29) is 12.3 Å². The van der Waals surface area contributed by atoms with Gasteiger partial charge in [-0.25, -0.2) is 0 Å². The number of nitrogens with one attached hydrogen (secondary N) is 1. The van der Waals surface area contributed by atoms with Crippen molar-refractivity contribution in [3.63, 3.8) is 0 Å². The smallest absolute Gasteiger partial charge is 0.295 e. The highest BCUT2D eigenvalue weighted by Crippen LogP contribution is 2.28. The van der Waals surface area contributed by atoms with Gasteiger partial charge in [0.2, 0.25) is 5.66 Å². The van der Waals surface area contributed by atoms with Crippen LogP contribution in [-0.2, 0) is 11.2 Å². The Labute approximate surface area is 150 Å². The topological polar surface area (TPSA) is 74.1 Å². The molecule has 2 aliphatic heterocycles. The highest BCUT2D eigenvalue weighted by molar-refractivity contribution is 6.35. The van der Waals surface area contributed by atoms with Crippen LogP contribution in [0.1, 0.15) is 15.9 Å². The van der Waals surface area contributed by atoms with E-state index in [1.165, 1.54) is 6.21 Å². The predicted octanol–water partition coefficient (Wildman–Crippen LogP) is 2.15. The van der Waals surface area contributed by atoms with Gasteiger partial charge in [0.15, 0.2) is 5.84 Å². The van der Waals surface area contributed by atoms with E-state index in [0.717, 1.165) is 5.56 Å². The highest BCUT2D eigenvalue weighted by atomic mass is 16.2. The second-order valence-electron chi connectivity index (χ2n) is 6.06. The van der Waals surface area contributed by atoms with E-state index in [0.29, 0.717) is 11.4 Å². The standard InChI is InChI=1S/C20H16N4O2/c25-18(16-9-5-2-6-10-16)23-20(13-15-7-3-1-4-8-15)19(26)22-17-14-21-11-12-24(17)20/h1-12,14H,13H2,(H,23,25). The Morgan fingerprint density at radius 1 is 1.04 bits per heavy atom. The predicted molar refractivity (Wildman–Crippen MR) is 98.7 cm³/mol. The summed E-state index contributed by atoms with van der Waals surface area (Å²) in [6.07, 6.45) is 5.04. The van der Waals surface area contributed by atoms with Crippen molar-refractivity contribution < 1.29 is 9.59 Å². The van der Waals surface area contributed by atoms with Gasteiger partial charge in [-0.2, -0.15) is 4.99 Å². The Kier molecular flexibility index (Phi) is 3.93. The van der Waals surface area contributed by atoms with Crippen molar-refractivity contribution in [2.75, 3.05) is 0 Å². The first kappa shape index (κ1) is 16.0. The average molecular weight is 344 g/mol. The molecule has 6 nitrogen and oxygen atoms in total. The summed E-state index contributed by atoms with van der Waals surface area (Å²) in [6, 6.07) is 18.4. The minimum absolute atomic E-state index is 0.288. The zero-order chi connectivity index (χ0) is 18.0. The average Bonchev–Trinajstić information content (AvgIpc) is 2.95. The number of rotatable bonds is 4. The SMILES string of the molecule is O=C(NC1(Cc2ccccc2)C(=O)N=C2C=NC=CN21)c1ccccc1. The van der Waals surface area contributed by atoms with E-state index in [1.807, 2.05) is 36.4 Å². The van der Waals surface area contributed by atoms with Crippen molar-refractivity contribution in [1.82, 2.24) is 10.2 Å². The van der Waals surface area contributed by atoms with Crippen molar-refractivity contribution in [2.45, 2.75) is 12.1 Å². The molecule has 2 amide bonds. The monoisotopic (exact) mass is 344 g/mol. The van der Waals surface area contributed by atoms with Crippen molar-refractivity contribution in [3.05, 3.63) is 84.2 Å². The summed E-state index contributed by atoms with van der Waals surface area (Å²) in [5.41, 5.74) is 0.0874. The van der Waals surface area contributed by atoms with Gasteiger partial charge in [-0.05, 0) is 17.7 Å². The number of amidine groups is 1. The molecule has 1 atom stereocenters. The molecule has 0 saturated carbocycles. The van der Waals surface area contributed by atoms with Crippen molar-refractivity contribution in [1.29, 1.82) is 0 Å². The second-order valence-corrected chi connectivity index (χ2v) is 6.06. The van der Waals surface area contributed by atoms with E-state index in [9.17, 15) is 9.59 Å². The summed E-state index contributed by atoms with van der Waals surface area (Å²) in [5, 5.41) is 2.92. The summed E-state index contributed by atoms with van der Waals surface area (Å²) in [6.45, 7) is 0. The third-order valence-electron chi connectivity index (χ3n) is 4.38. The Bertz CT molecular complexity index is 935. The Hall–Kier alpha value is -3.54. The molecule has 26 heavy (non-hydrogen) atoms. The van der Waals surface area contributed by atoms with Gasteiger partial charge in [0.25, 0.3) is 11.8 Å². The normalized spacial score (nSPS) is 20.7. The van der Waals surface area contributed by atoms with E-state index in [4.69, 9.17) is 0 Å². The molecule has 4 rings (SSSR count). The quantitative estimate of drug-likeness (QED) is 0.923. The summed E-state index contributed by atoms with van der Waals surface area (Å²) < 4.78 is 0. The molecule has 0 fully saturated rings. The fraction of sp³-hybridized carbons (Fsp3) is 0.100. The fourth-order valence-electron chi connectivity index (χ4n) is 3.12. The van der Waals surface area contributed by atoms with Gasteiger partial charge in [0.1, 0.15) is 0 Å². The van der Waals surface area contributed by atoms with Crippen LogP contribution in [0.3, 0.4) is 0 Å². The maximum Gasteiger partial charge on any atom is 0.295 e. The molecule has 0 spiro atoms. The lowest BCUT2D eigenvalue weighted by atomic mass is 9.97. The number of hydrogen-bond donors (Lipinski definition) is 1. The molecule has 0 aliphatic carbocycles. The van der Waals surface area contributed by atoms with Crippen LogP contribution in [0.4, 0.5) is 0 Å². The van der Waals surface area contributed by atoms with Gasteiger partial charge in [-0.1, -0.05) is 48.5 Å². The maximum atomic E-state index is 12.9. The number of fused-ring (bicyclic) bond motifs is 1. The number of aliphatic imine (C=N–C) groups is 2. The molecule has 2 aliphatic rings. The van der Waals surface area contributed by atoms with Gasteiger partial charge in [-0.15, -0.1) is 0 Å². The number of benzene rings is 2.